The Kier molecular flexibility index (Phi) is 16.3. The van der Waals surface area contributed by atoms with E-state index >= 15 is 0 Å². The molecule has 4 nitrogen and oxygen atoms in total. The van der Waals surface area contributed by atoms with Crippen LogP contribution in [0, 0.1) is 23.3 Å². The molecule has 0 heterocycles. The fraction of sp³-hybridized carbons (Fsp3) is 0.0435. The Bertz CT molecular complexity index is 2780. The summed E-state index contributed by atoms with van der Waals surface area (Å²) in [6.45, 7) is 0. The summed E-state index contributed by atoms with van der Waals surface area (Å²) in [5, 5.41) is 23.7. The highest BCUT2D eigenvalue weighted by Gasteiger charge is 2.25. The number of halogens is 11. The van der Waals surface area contributed by atoms with Crippen molar-refractivity contribution in [2.24, 2.45) is 0 Å². The molecule has 316 valence electrons. The van der Waals surface area contributed by atoms with Crippen LogP contribution >= 0.6 is 111 Å². The zero-order chi connectivity index (χ0) is 45.0. The third-order valence-corrected chi connectivity index (χ3v) is 11.9. The van der Waals surface area contributed by atoms with Crippen molar-refractivity contribution in [2.45, 2.75) is 0 Å². The van der Waals surface area contributed by atoms with Gasteiger partial charge in [0.05, 0.1) is 32.1 Å². The number of rotatable bonds is 6. The van der Waals surface area contributed by atoms with Gasteiger partial charge in [0.2, 0.25) is 0 Å². The molecule has 0 aliphatic carbocycles. The van der Waals surface area contributed by atoms with Crippen molar-refractivity contribution in [2.75, 3.05) is 14.2 Å². The summed E-state index contributed by atoms with van der Waals surface area (Å²) in [6.07, 6.45) is 0. The molecule has 0 amide bonds. The summed E-state index contributed by atoms with van der Waals surface area (Å²) in [5.74, 6) is -1.08. The van der Waals surface area contributed by atoms with E-state index in [0.717, 1.165) is 0 Å². The smallest absolute Gasteiger partial charge is 0.369 e. The second kappa shape index (κ2) is 21.1. The Morgan fingerprint density at radius 3 is 0.887 bits per heavy atom. The van der Waals surface area contributed by atoms with E-state index in [1.54, 1.807) is 84.9 Å². The molecule has 0 aliphatic rings. The van der Waals surface area contributed by atoms with Gasteiger partial charge in [-0.05, 0) is 134 Å². The summed E-state index contributed by atoms with van der Waals surface area (Å²) >= 11 is 23.0. The predicted molar refractivity (Wildman–Crippen MR) is 269 cm³/mol. The first-order chi connectivity index (χ1) is 29.6. The van der Waals surface area contributed by atoms with Gasteiger partial charge in [0.1, 0.15) is 46.3 Å². The van der Waals surface area contributed by atoms with Crippen LogP contribution in [-0.2, 0) is 0 Å². The quantitative estimate of drug-likeness (QED) is 0.129. The first-order valence-electron chi connectivity index (χ1n) is 18.0. The summed E-state index contributed by atoms with van der Waals surface area (Å²) < 4.78 is 72.1. The summed E-state index contributed by atoms with van der Waals surface area (Å²) in [7, 11) is 3.07. The Labute approximate surface area is 413 Å². The summed E-state index contributed by atoms with van der Waals surface area (Å²) in [4.78, 5) is 0. The van der Waals surface area contributed by atoms with Gasteiger partial charge in [-0.15, -0.1) is 47.3 Å². The van der Waals surface area contributed by atoms with Crippen molar-refractivity contribution >= 4 is 136 Å². The lowest BCUT2D eigenvalue weighted by molar-refractivity contribution is 0.413. The second-order valence-electron chi connectivity index (χ2n) is 13.1. The second-order valence-corrected chi connectivity index (χ2v) is 22.9. The molecule has 0 atom stereocenters. The molecular formula is C46H28BBr7F4O4. The summed E-state index contributed by atoms with van der Waals surface area (Å²) in [5.41, 5.74) is 2.81. The largest absolute Gasteiger partial charge is 0.506 e. The molecule has 62 heavy (non-hydrogen) atoms. The van der Waals surface area contributed by atoms with Crippen LogP contribution in [0.15, 0.2) is 139 Å². The highest BCUT2D eigenvalue weighted by atomic mass is 79.9. The van der Waals surface area contributed by atoms with Gasteiger partial charge in [-0.3, -0.25) is 0 Å². The molecule has 0 spiro atoms. The van der Waals surface area contributed by atoms with Crippen molar-refractivity contribution in [3.05, 3.63) is 162 Å². The molecule has 8 rings (SSSR count). The van der Waals surface area contributed by atoms with Crippen molar-refractivity contribution in [3.63, 3.8) is 0 Å². The number of ether oxygens (including phenoxy) is 2. The number of fused-ring (bicyclic) bond motifs is 2. The zero-order valence-corrected chi connectivity index (χ0v) is 43.1. The van der Waals surface area contributed by atoms with E-state index in [-0.39, 0.29) is 48.6 Å². The lowest BCUT2D eigenvalue weighted by Crippen LogP contribution is -1.98. The van der Waals surface area contributed by atoms with Crippen molar-refractivity contribution in [1.29, 1.82) is 0 Å². The molecule has 16 heteroatoms. The van der Waals surface area contributed by atoms with Gasteiger partial charge in [0, 0.05) is 44.5 Å². The van der Waals surface area contributed by atoms with E-state index in [4.69, 9.17) is 9.47 Å². The molecule has 8 aromatic rings. The molecule has 2 N–H and O–H groups in total. The van der Waals surface area contributed by atoms with E-state index in [1.165, 1.54) is 38.5 Å². The highest BCUT2D eigenvalue weighted by molar-refractivity contribution is 9.69. The Morgan fingerprint density at radius 1 is 0.403 bits per heavy atom. The highest BCUT2D eigenvalue weighted by Crippen LogP contribution is 2.52. The Morgan fingerprint density at radius 2 is 0.629 bits per heavy atom. The van der Waals surface area contributed by atoms with Crippen molar-refractivity contribution < 1.29 is 37.2 Å². The number of hydrogen-bond acceptors (Lipinski definition) is 4. The van der Waals surface area contributed by atoms with Gasteiger partial charge >= 0.3 is 3.18 Å². The molecule has 0 aromatic heterocycles. The minimum absolute atomic E-state index is 0.144. The SMILES string of the molecule is BrB(Br)Br.COc1c(Br)cc2c(-c3ccccc3F)c(OC)c(Br)cc2c1-c1ccccc1F.Oc1c(Br)cc2c(-c3ccccc3F)c(O)c(Br)cc2c1-c1ccccc1F. The van der Waals surface area contributed by atoms with E-state index in [1.807, 2.05) is 12.1 Å². The van der Waals surface area contributed by atoms with Crippen LogP contribution in [0.5, 0.6) is 23.0 Å². The van der Waals surface area contributed by atoms with Gasteiger partial charge in [-0.25, -0.2) is 17.6 Å². The van der Waals surface area contributed by atoms with E-state index in [9.17, 15) is 27.8 Å². The van der Waals surface area contributed by atoms with Gasteiger partial charge in [-0.1, -0.05) is 72.8 Å². The van der Waals surface area contributed by atoms with Crippen LogP contribution in [-0.4, -0.2) is 27.6 Å². The standard InChI is InChI=1S/C24H16Br2F2O2.C22H12Br2F2O2.BBr3/c1-29-23-17(25)11-16-15(21(23)13-7-3-5-9-19(13)27)12-18(26)24(30-2)22(16)14-8-4-6-10-20(14)28;23-15-10-14-13(19(21(15)27)11-5-1-3-7-17(11)25)9-16(24)22(28)20(14)12-6-2-4-8-18(12)26;2-1(3)4/h3-12H,1-2H3;1-10,27-28H;. The van der Waals surface area contributed by atoms with Crippen LogP contribution < -0.4 is 9.47 Å². The fourth-order valence-corrected chi connectivity index (χ4v) is 9.06. The normalized spacial score (nSPS) is 10.8. The van der Waals surface area contributed by atoms with Crippen LogP contribution in [0.4, 0.5) is 17.6 Å². The predicted octanol–water partition coefficient (Wildman–Crippen LogP) is 17.5. The minimum atomic E-state index is -0.506. The lowest BCUT2D eigenvalue weighted by Gasteiger charge is -2.20. The Hall–Kier alpha value is -3.38. The molecule has 0 saturated heterocycles. The van der Waals surface area contributed by atoms with Crippen molar-refractivity contribution in [1.82, 2.24) is 0 Å². The number of benzene rings is 8. The molecule has 0 aliphatic heterocycles. The first-order valence-corrected chi connectivity index (χ1v) is 23.9. The molecule has 0 bridgehead atoms. The fourth-order valence-electron chi connectivity index (χ4n) is 7.03. The van der Waals surface area contributed by atoms with Gasteiger partial charge in [0.25, 0.3) is 0 Å². The topological polar surface area (TPSA) is 58.9 Å². The number of phenols is 2. The number of methoxy groups -OCH3 is 2. The van der Waals surface area contributed by atoms with E-state index in [2.05, 4.69) is 111 Å². The monoisotopic (exact) mass is 1280 g/mol. The average Bonchev–Trinajstić information content (AvgIpc) is 3.23. The van der Waals surface area contributed by atoms with Gasteiger partial charge < -0.3 is 19.7 Å². The molecule has 0 fully saturated rings. The first kappa shape index (κ1) is 48.1. The maximum atomic E-state index is 14.8. The van der Waals surface area contributed by atoms with Crippen LogP contribution in [0.1, 0.15) is 0 Å². The van der Waals surface area contributed by atoms with E-state index < -0.39 is 11.6 Å². The number of aromatic hydroxyl groups is 2. The molecule has 0 saturated carbocycles. The van der Waals surface area contributed by atoms with Gasteiger partial charge in [0.15, 0.2) is 0 Å². The molecule has 0 unspecified atom stereocenters. The minimum Gasteiger partial charge on any atom is -0.506 e. The lowest BCUT2D eigenvalue weighted by atomic mass is 9.91. The molecule has 0 radical (unpaired) electrons. The number of hydrogen-bond donors (Lipinski definition) is 2. The maximum absolute atomic E-state index is 14.8. The number of phenolic OH excluding ortho intramolecular Hbond substituents is 2. The Balaban J connectivity index is 0.000000191. The van der Waals surface area contributed by atoms with Crippen molar-refractivity contribution in [3.8, 4) is 67.5 Å². The molecule has 8 aromatic carbocycles. The van der Waals surface area contributed by atoms with E-state index in [0.29, 0.717) is 73.2 Å². The third kappa shape index (κ3) is 9.96. The maximum Gasteiger partial charge on any atom is 0.369 e. The average molecular weight is 1290 g/mol. The van der Waals surface area contributed by atoms with Crippen LogP contribution in [0.25, 0.3) is 66.1 Å². The summed E-state index contributed by atoms with van der Waals surface area (Å²) in [6, 6.07) is 32.0. The van der Waals surface area contributed by atoms with Crippen LogP contribution in [0.3, 0.4) is 0 Å². The zero-order valence-electron chi connectivity index (χ0n) is 32.0. The third-order valence-electron chi connectivity index (χ3n) is 9.54. The van der Waals surface area contributed by atoms with Gasteiger partial charge in [-0.2, -0.15) is 0 Å². The van der Waals surface area contributed by atoms with Crippen LogP contribution in [0.2, 0.25) is 0 Å². The molecular weight excluding hydrogens is 1260 g/mol.